The number of halogens is 1. The Morgan fingerprint density at radius 2 is 2.00 bits per heavy atom. The summed E-state index contributed by atoms with van der Waals surface area (Å²) in [5.41, 5.74) is 1.94. The molecule has 3 nitrogen and oxygen atoms in total. The zero-order valence-electron chi connectivity index (χ0n) is 10.1. The average molecular weight is 255 g/mol. The Bertz CT molecular complexity index is 702. The van der Waals surface area contributed by atoms with Crippen LogP contribution in [-0.4, -0.2) is 11.1 Å². The predicted molar refractivity (Wildman–Crippen MR) is 68.2 cm³/mol. The van der Waals surface area contributed by atoms with Gasteiger partial charge in [0.1, 0.15) is 11.9 Å². The van der Waals surface area contributed by atoms with Gasteiger partial charge < -0.3 is 5.11 Å². The van der Waals surface area contributed by atoms with Crippen molar-refractivity contribution in [3.05, 3.63) is 58.9 Å². The molecule has 1 N–H and O–H groups in total. The second-order valence-corrected chi connectivity index (χ2v) is 4.11. The number of carbonyl (C=O) groups is 1. The number of rotatable bonds is 2. The second-order valence-electron chi connectivity index (χ2n) is 4.11. The first kappa shape index (κ1) is 12.8. The molecule has 0 fully saturated rings. The normalized spacial score (nSPS) is 9.95. The Labute approximate surface area is 109 Å². The molecule has 0 atom stereocenters. The van der Waals surface area contributed by atoms with E-state index in [1.165, 1.54) is 24.3 Å². The molecule has 0 aliphatic carbocycles. The molecule has 19 heavy (non-hydrogen) atoms. The molecule has 0 aromatic heterocycles. The van der Waals surface area contributed by atoms with Gasteiger partial charge in [-0.15, -0.1) is 0 Å². The maximum atomic E-state index is 13.6. The average Bonchev–Trinajstić information content (AvgIpc) is 2.38. The molecule has 0 aliphatic heterocycles. The van der Waals surface area contributed by atoms with Crippen molar-refractivity contribution in [2.45, 2.75) is 6.92 Å². The number of nitriles is 1. The lowest BCUT2D eigenvalue weighted by molar-refractivity contribution is 0.0697. The van der Waals surface area contributed by atoms with E-state index in [2.05, 4.69) is 0 Å². The molecule has 4 heteroatoms. The lowest BCUT2D eigenvalue weighted by atomic mass is 9.95. The quantitative estimate of drug-likeness (QED) is 0.894. The monoisotopic (exact) mass is 255 g/mol. The van der Waals surface area contributed by atoms with Crippen molar-refractivity contribution in [2.75, 3.05) is 0 Å². The van der Waals surface area contributed by atoms with E-state index in [-0.39, 0.29) is 11.1 Å². The number of hydrogen-bond donors (Lipinski definition) is 1. The first-order chi connectivity index (χ1) is 9.04. The van der Waals surface area contributed by atoms with Crippen LogP contribution in [0.4, 0.5) is 4.39 Å². The van der Waals surface area contributed by atoms with Crippen LogP contribution in [0.15, 0.2) is 36.4 Å². The molecular weight excluding hydrogens is 245 g/mol. The number of benzene rings is 2. The minimum absolute atomic E-state index is 0.0336. The molecule has 0 bridgehead atoms. The van der Waals surface area contributed by atoms with Gasteiger partial charge in [0.2, 0.25) is 0 Å². The molecule has 0 aliphatic rings. The fourth-order valence-electron chi connectivity index (χ4n) is 1.96. The summed E-state index contributed by atoms with van der Waals surface area (Å²) < 4.78 is 13.6. The van der Waals surface area contributed by atoms with E-state index in [0.717, 1.165) is 0 Å². The smallest absolute Gasteiger partial charge is 0.335 e. The van der Waals surface area contributed by atoms with Crippen LogP contribution in [0, 0.1) is 24.1 Å². The van der Waals surface area contributed by atoms with Crippen LogP contribution in [0.5, 0.6) is 0 Å². The number of aromatic carboxylic acids is 1. The molecule has 0 unspecified atom stereocenters. The number of hydrogen-bond acceptors (Lipinski definition) is 2. The summed E-state index contributed by atoms with van der Waals surface area (Å²) in [6, 6.07) is 10.8. The summed E-state index contributed by atoms with van der Waals surface area (Å²) in [4.78, 5) is 10.9. The van der Waals surface area contributed by atoms with Crippen molar-refractivity contribution in [2.24, 2.45) is 0 Å². The lowest BCUT2D eigenvalue weighted by Gasteiger charge is -2.09. The van der Waals surface area contributed by atoms with Crippen molar-refractivity contribution in [1.82, 2.24) is 0 Å². The maximum absolute atomic E-state index is 13.6. The minimum atomic E-state index is -1.02. The predicted octanol–water partition coefficient (Wildman–Crippen LogP) is 3.37. The molecule has 2 rings (SSSR count). The molecular formula is C15H10FNO2. The first-order valence-corrected chi connectivity index (χ1v) is 5.57. The summed E-state index contributed by atoms with van der Waals surface area (Å²) >= 11 is 0. The van der Waals surface area contributed by atoms with Gasteiger partial charge in [0.15, 0.2) is 0 Å². The van der Waals surface area contributed by atoms with Gasteiger partial charge in [-0.1, -0.05) is 18.2 Å². The maximum Gasteiger partial charge on any atom is 0.335 e. The summed E-state index contributed by atoms with van der Waals surface area (Å²) in [5, 5.41) is 17.9. The van der Waals surface area contributed by atoms with Crippen molar-refractivity contribution < 1.29 is 14.3 Å². The van der Waals surface area contributed by atoms with Gasteiger partial charge in [-0.25, -0.2) is 9.18 Å². The van der Waals surface area contributed by atoms with Crippen LogP contribution in [0.2, 0.25) is 0 Å². The highest BCUT2D eigenvalue weighted by molar-refractivity contribution is 5.89. The Hall–Kier alpha value is -2.67. The lowest BCUT2D eigenvalue weighted by Crippen LogP contribution is -1.98. The molecule has 94 valence electrons. The van der Waals surface area contributed by atoms with Crippen LogP contribution in [0.1, 0.15) is 21.5 Å². The Morgan fingerprint density at radius 3 is 2.58 bits per heavy atom. The molecule has 0 amide bonds. The Balaban J connectivity index is 2.64. The van der Waals surface area contributed by atoms with E-state index in [9.17, 15) is 9.18 Å². The summed E-state index contributed by atoms with van der Waals surface area (Å²) in [6.07, 6.45) is 0. The van der Waals surface area contributed by atoms with Crippen molar-refractivity contribution in [1.29, 1.82) is 5.26 Å². The summed E-state index contributed by atoms with van der Waals surface area (Å²) in [5.74, 6) is -1.60. The van der Waals surface area contributed by atoms with E-state index in [1.807, 2.05) is 6.07 Å². The number of nitrogens with zero attached hydrogens (tertiary/aromatic N) is 1. The minimum Gasteiger partial charge on any atom is -0.478 e. The third-order valence-electron chi connectivity index (χ3n) is 2.89. The Kier molecular flexibility index (Phi) is 3.30. The van der Waals surface area contributed by atoms with Crippen LogP contribution in [-0.2, 0) is 0 Å². The SMILES string of the molecule is Cc1cc(C(=O)O)ccc1-c1cccc(F)c1C#N. The number of aryl methyl sites for hydroxylation is 1. The molecule has 0 saturated carbocycles. The summed E-state index contributed by atoms with van der Waals surface area (Å²) in [6.45, 7) is 1.73. The van der Waals surface area contributed by atoms with Gasteiger partial charge in [0, 0.05) is 5.56 Å². The molecule has 0 spiro atoms. The molecule has 0 heterocycles. The zero-order valence-corrected chi connectivity index (χ0v) is 10.1. The number of carboxylic acid groups (broad SMARTS) is 1. The molecule has 2 aromatic rings. The molecule has 0 radical (unpaired) electrons. The van der Waals surface area contributed by atoms with Gasteiger partial charge in [0.05, 0.1) is 11.1 Å². The first-order valence-electron chi connectivity index (χ1n) is 5.57. The van der Waals surface area contributed by atoms with Gasteiger partial charge in [0.25, 0.3) is 0 Å². The Morgan fingerprint density at radius 1 is 1.26 bits per heavy atom. The topological polar surface area (TPSA) is 61.1 Å². The summed E-state index contributed by atoms with van der Waals surface area (Å²) in [7, 11) is 0. The van der Waals surface area contributed by atoms with E-state index >= 15 is 0 Å². The third-order valence-corrected chi connectivity index (χ3v) is 2.89. The fourth-order valence-corrected chi connectivity index (χ4v) is 1.96. The van der Waals surface area contributed by atoms with Gasteiger partial charge in [-0.2, -0.15) is 5.26 Å². The van der Waals surface area contributed by atoms with Crippen molar-refractivity contribution in [3.8, 4) is 17.2 Å². The van der Waals surface area contributed by atoms with Crippen LogP contribution in [0.3, 0.4) is 0 Å². The van der Waals surface area contributed by atoms with Crippen LogP contribution < -0.4 is 0 Å². The molecule has 2 aromatic carbocycles. The largest absolute Gasteiger partial charge is 0.478 e. The van der Waals surface area contributed by atoms with Gasteiger partial charge in [-0.05, 0) is 36.2 Å². The van der Waals surface area contributed by atoms with Gasteiger partial charge >= 0.3 is 5.97 Å². The van der Waals surface area contributed by atoms with E-state index in [1.54, 1.807) is 19.1 Å². The number of carboxylic acids is 1. The van der Waals surface area contributed by atoms with Crippen LogP contribution >= 0.6 is 0 Å². The van der Waals surface area contributed by atoms with E-state index in [4.69, 9.17) is 10.4 Å². The second kappa shape index (κ2) is 4.91. The van der Waals surface area contributed by atoms with Crippen LogP contribution in [0.25, 0.3) is 11.1 Å². The standard InChI is InChI=1S/C15H10FNO2/c1-9-7-10(15(18)19)5-6-11(9)12-3-2-4-14(16)13(12)8-17/h2-7H,1H3,(H,18,19). The highest BCUT2D eigenvalue weighted by Gasteiger charge is 2.13. The van der Waals surface area contributed by atoms with E-state index < -0.39 is 11.8 Å². The van der Waals surface area contributed by atoms with E-state index in [0.29, 0.717) is 16.7 Å². The van der Waals surface area contributed by atoms with Crippen molar-refractivity contribution >= 4 is 5.97 Å². The third kappa shape index (κ3) is 2.31. The highest BCUT2D eigenvalue weighted by Crippen LogP contribution is 2.28. The zero-order chi connectivity index (χ0) is 14.0. The fraction of sp³-hybridized carbons (Fsp3) is 0.0667. The highest BCUT2D eigenvalue weighted by atomic mass is 19.1. The van der Waals surface area contributed by atoms with Crippen molar-refractivity contribution in [3.63, 3.8) is 0 Å². The molecule has 0 saturated heterocycles. The van der Waals surface area contributed by atoms with Gasteiger partial charge in [-0.3, -0.25) is 0 Å².